The number of nitrogens with zero attached hydrogens (tertiary/aromatic N) is 1. The fourth-order valence-electron chi connectivity index (χ4n) is 3.74. The zero-order valence-corrected chi connectivity index (χ0v) is 11.1. The fourth-order valence-corrected chi connectivity index (χ4v) is 3.74. The normalized spacial score (nSPS) is 37.9. The molecule has 1 atom stereocenters. The summed E-state index contributed by atoms with van der Waals surface area (Å²) in [6.07, 6.45) is 5.52. The van der Waals surface area contributed by atoms with Crippen LogP contribution in [0.15, 0.2) is 0 Å². The molecule has 1 aliphatic carbocycles. The summed E-state index contributed by atoms with van der Waals surface area (Å²) < 4.78 is 5.82. The predicted molar refractivity (Wildman–Crippen MR) is 69.1 cm³/mol. The molecular weight excluding hydrogens is 212 g/mol. The molecule has 3 rings (SSSR count). The van der Waals surface area contributed by atoms with Crippen LogP contribution < -0.4 is 5.32 Å². The van der Waals surface area contributed by atoms with Gasteiger partial charge >= 0.3 is 0 Å². The van der Waals surface area contributed by atoms with Crippen molar-refractivity contribution < 1.29 is 4.74 Å². The van der Waals surface area contributed by atoms with Crippen molar-refractivity contribution in [1.82, 2.24) is 10.2 Å². The molecule has 0 amide bonds. The van der Waals surface area contributed by atoms with Gasteiger partial charge in [0.05, 0.1) is 13.2 Å². The van der Waals surface area contributed by atoms with Gasteiger partial charge in [-0.1, -0.05) is 13.3 Å². The summed E-state index contributed by atoms with van der Waals surface area (Å²) in [7, 11) is 0. The SMILES string of the molecule is CC1(CN2CCOCC3(CCC3)C2)CCNC1. The highest BCUT2D eigenvalue weighted by Crippen LogP contribution is 2.43. The minimum Gasteiger partial charge on any atom is -0.379 e. The Morgan fingerprint density at radius 2 is 2.18 bits per heavy atom. The molecule has 0 radical (unpaired) electrons. The van der Waals surface area contributed by atoms with Crippen molar-refractivity contribution in [1.29, 1.82) is 0 Å². The van der Waals surface area contributed by atoms with Crippen molar-refractivity contribution >= 4 is 0 Å². The van der Waals surface area contributed by atoms with Gasteiger partial charge in [-0.05, 0) is 31.2 Å². The van der Waals surface area contributed by atoms with E-state index in [0.29, 0.717) is 10.8 Å². The molecule has 17 heavy (non-hydrogen) atoms. The summed E-state index contributed by atoms with van der Waals surface area (Å²) in [6, 6.07) is 0. The zero-order chi connectivity index (χ0) is 11.8. The number of rotatable bonds is 2. The Hall–Kier alpha value is -0.120. The molecule has 1 spiro atoms. The van der Waals surface area contributed by atoms with Crippen molar-refractivity contribution in [2.45, 2.75) is 32.6 Å². The topological polar surface area (TPSA) is 24.5 Å². The maximum atomic E-state index is 5.82. The molecule has 3 nitrogen and oxygen atoms in total. The third-order valence-corrected chi connectivity index (χ3v) is 5.00. The van der Waals surface area contributed by atoms with Crippen LogP contribution in [0, 0.1) is 10.8 Å². The molecule has 0 bridgehead atoms. The summed E-state index contributed by atoms with van der Waals surface area (Å²) in [5.41, 5.74) is 1.02. The van der Waals surface area contributed by atoms with Crippen molar-refractivity contribution in [3.8, 4) is 0 Å². The second-order valence-corrected chi connectivity index (χ2v) is 6.85. The first-order chi connectivity index (χ1) is 8.20. The smallest absolute Gasteiger partial charge is 0.0593 e. The summed E-state index contributed by atoms with van der Waals surface area (Å²) in [4.78, 5) is 2.68. The lowest BCUT2D eigenvalue weighted by Crippen LogP contribution is -2.46. The summed E-state index contributed by atoms with van der Waals surface area (Å²) in [6.45, 7) is 10.4. The molecule has 1 saturated carbocycles. The van der Waals surface area contributed by atoms with Gasteiger partial charge in [0.1, 0.15) is 0 Å². The quantitative estimate of drug-likeness (QED) is 0.789. The second kappa shape index (κ2) is 4.52. The molecule has 98 valence electrons. The van der Waals surface area contributed by atoms with Crippen molar-refractivity contribution in [2.24, 2.45) is 10.8 Å². The molecule has 2 aliphatic heterocycles. The third-order valence-electron chi connectivity index (χ3n) is 5.00. The van der Waals surface area contributed by atoms with Crippen LogP contribution in [-0.4, -0.2) is 50.8 Å². The highest BCUT2D eigenvalue weighted by molar-refractivity contribution is 4.94. The highest BCUT2D eigenvalue weighted by atomic mass is 16.5. The first-order valence-electron chi connectivity index (χ1n) is 7.21. The van der Waals surface area contributed by atoms with Gasteiger partial charge in [-0.2, -0.15) is 0 Å². The monoisotopic (exact) mass is 238 g/mol. The first-order valence-corrected chi connectivity index (χ1v) is 7.21. The van der Waals surface area contributed by atoms with Crippen molar-refractivity contribution in [2.75, 3.05) is 45.9 Å². The number of hydrogen-bond acceptors (Lipinski definition) is 3. The van der Waals surface area contributed by atoms with Crippen LogP contribution in [-0.2, 0) is 4.74 Å². The van der Waals surface area contributed by atoms with Gasteiger partial charge in [0.25, 0.3) is 0 Å². The third kappa shape index (κ3) is 2.51. The molecule has 2 heterocycles. The fraction of sp³-hybridized carbons (Fsp3) is 1.00. The van der Waals surface area contributed by atoms with Crippen LogP contribution in [0.5, 0.6) is 0 Å². The summed E-state index contributed by atoms with van der Waals surface area (Å²) in [5, 5.41) is 3.51. The zero-order valence-electron chi connectivity index (χ0n) is 11.1. The standard InChI is InChI=1S/C14H26N2O/c1-13(5-6-15-9-13)10-16-7-8-17-12-14(11-16)3-2-4-14/h15H,2-12H2,1H3. The molecule has 3 fully saturated rings. The van der Waals surface area contributed by atoms with E-state index in [1.165, 1.54) is 51.9 Å². The molecule has 0 aromatic carbocycles. The average Bonchev–Trinajstić information content (AvgIpc) is 2.55. The molecule has 0 aromatic rings. The van der Waals surface area contributed by atoms with Crippen LogP contribution in [0.25, 0.3) is 0 Å². The van der Waals surface area contributed by atoms with Gasteiger partial charge < -0.3 is 10.1 Å². The average molecular weight is 238 g/mol. The van der Waals surface area contributed by atoms with Crippen molar-refractivity contribution in [3.63, 3.8) is 0 Å². The van der Waals surface area contributed by atoms with E-state index in [9.17, 15) is 0 Å². The Balaban J connectivity index is 1.61. The van der Waals surface area contributed by atoms with E-state index in [4.69, 9.17) is 4.74 Å². The first kappa shape index (κ1) is 11.9. The maximum absolute atomic E-state index is 5.82. The van der Waals surface area contributed by atoms with Gasteiger partial charge in [0.2, 0.25) is 0 Å². The molecule has 3 heteroatoms. The van der Waals surface area contributed by atoms with Crippen LogP contribution in [0.1, 0.15) is 32.6 Å². The van der Waals surface area contributed by atoms with Crippen LogP contribution in [0.2, 0.25) is 0 Å². The maximum Gasteiger partial charge on any atom is 0.0593 e. The van der Waals surface area contributed by atoms with Crippen molar-refractivity contribution in [3.05, 3.63) is 0 Å². The van der Waals surface area contributed by atoms with Crippen LogP contribution in [0.3, 0.4) is 0 Å². The Bertz CT molecular complexity index is 269. The summed E-state index contributed by atoms with van der Waals surface area (Å²) in [5.74, 6) is 0. The van der Waals surface area contributed by atoms with Gasteiger partial charge in [0, 0.05) is 31.6 Å². The highest BCUT2D eigenvalue weighted by Gasteiger charge is 2.41. The Kier molecular flexibility index (Phi) is 3.18. The van der Waals surface area contributed by atoms with Crippen LogP contribution in [0.4, 0.5) is 0 Å². The lowest BCUT2D eigenvalue weighted by molar-refractivity contribution is 0.00739. The lowest BCUT2D eigenvalue weighted by atomic mass is 9.69. The predicted octanol–water partition coefficient (Wildman–Crippen LogP) is 1.49. The summed E-state index contributed by atoms with van der Waals surface area (Å²) >= 11 is 0. The minimum atomic E-state index is 0.495. The largest absolute Gasteiger partial charge is 0.379 e. The molecule has 0 aromatic heterocycles. The Labute approximate surface area is 105 Å². The van der Waals surface area contributed by atoms with Gasteiger partial charge in [-0.25, -0.2) is 0 Å². The minimum absolute atomic E-state index is 0.495. The van der Waals surface area contributed by atoms with E-state index in [-0.39, 0.29) is 0 Å². The second-order valence-electron chi connectivity index (χ2n) is 6.85. The van der Waals surface area contributed by atoms with Gasteiger partial charge in [-0.3, -0.25) is 4.90 Å². The van der Waals surface area contributed by atoms with E-state index in [1.807, 2.05) is 0 Å². The van der Waals surface area contributed by atoms with Crippen LogP contribution >= 0.6 is 0 Å². The molecule has 2 saturated heterocycles. The Morgan fingerprint density at radius 1 is 1.29 bits per heavy atom. The number of nitrogens with one attached hydrogen (secondary N) is 1. The van der Waals surface area contributed by atoms with E-state index < -0.39 is 0 Å². The van der Waals surface area contributed by atoms with E-state index in [2.05, 4.69) is 17.1 Å². The van der Waals surface area contributed by atoms with E-state index in [0.717, 1.165) is 19.8 Å². The molecule has 3 aliphatic rings. The molecule has 1 unspecified atom stereocenters. The molecular formula is C14H26N2O. The Morgan fingerprint density at radius 3 is 2.82 bits per heavy atom. The van der Waals surface area contributed by atoms with E-state index >= 15 is 0 Å². The molecule has 1 N–H and O–H groups in total. The number of hydrogen-bond donors (Lipinski definition) is 1. The van der Waals surface area contributed by atoms with Gasteiger partial charge in [0.15, 0.2) is 0 Å². The number of ether oxygens (including phenoxy) is 1. The lowest BCUT2D eigenvalue weighted by Gasteiger charge is -2.44. The van der Waals surface area contributed by atoms with Gasteiger partial charge in [-0.15, -0.1) is 0 Å². The van der Waals surface area contributed by atoms with E-state index in [1.54, 1.807) is 0 Å².